The zero-order valence-corrected chi connectivity index (χ0v) is 11.7. The van der Waals surface area contributed by atoms with E-state index in [0.717, 1.165) is 12.8 Å². The Labute approximate surface area is 110 Å². The van der Waals surface area contributed by atoms with Crippen molar-refractivity contribution in [2.24, 2.45) is 17.8 Å². The quantitative estimate of drug-likeness (QED) is 0.659. The standard InChI is InChI=1S/C15H26O3/c1-10(2)11-4-7-15(18,9-16)12-5-6-14(3,17)13(12)8-11/h8,10,12-13,16-18H,4-7,9H2,1-3H3/t12-,13+,14+,15-/m1/s1. The molecule has 3 heteroatoms. The van der Waals surface area contributed by atoms with Gasteiger partial charge in [-0.25, -0.2) is 0 Å². The second kappa shape index (κ2) is 4.62. The Balaban J connectivity index is 2.38. The van der Waals surface area contributed by atoms with Crippen molar-refractivity contribution in [3.05, 3.63) is 11.6 Å². The van der Waals surface area contributed by atoms with Crippen molar-refractivity contribution in [1.29, 1.82) is 0 Å². The molecule has 2 aliphatic carbocycles. The molecule has 0 aromatic rings. The molecule has 3 N–H and O–H groups in total. The molecule has 0 amide bonds. The van der Waals surface area contributed by atoms with Gasteiger partial charge in [0.1, 0.15) is 0 Å². The van der Waals surface area contributed by atoms with Gasteiger partial charge in [-0.05, 0) is 44.4 Å². The summed E-state index contributed by atoms with van der Waals surface area (Å²) in [6.45, 7) is 5.94. The molecule has 0 saturated heterocycles. The van der Waals surface area contributed by atoms with Crippen LogP contribution in [0.3, 0.4) is 0 Å². The predicted molar refractivity (Wildman–Crippen MR) is 71.0 cm³/mol. The monoisotopic (exact) mass is 254 g/mol. The fraction of sp³-hybridized carbons (Fsp3) is 0.867. The Hall–Kier alpha value is -0.380. The van der Waals surface area contributed by atoms with Crippen molar-refractivity contribution in [3.63, 3.8) is 0 Å². The van der Waals surface area contributed by atoms with Crippen LogP contribution >= 0.6 is 0 Å². The molecule has 4 atom stereocenters. The lowest BCUT2D eigenvalue weighted by Crippen LogP contribution is -2.45. The molecular weight excluding hydrogens is 228 g/mol. The fourth-order valence-electron chi connectivity index (χ4n) is 3.66. The van der Waals surface area contributed by atoms with E-state index in [0.29, 0.717) is 18.8 Å². The highest BCUT2D eigenvalue weighted by atomic mass is 16.3. The van der Waals surface area contributed by atoms with Gasteiger partial charge in [0.15, 0.2) is 0 Å². The molecule has 104 valence electrons. The minimum atomic E-state index is -1.03. The van der Waals surface area contributed by atoms with Crippen LogP contribution in [0.5, 0.6) is 0 Å². The number of hydrogen-bond donors (Lipinski definition) is 3. The molecule has 0 aromatic carbocycles. The lowest BCUT2D eigenvalue weighted by atomic mass is 9.77. The van der Waals surface area contributed by atoms with E-state index in [1.807, 2.05) is 6.92 Å². The molecule has 1 fully saturated rings. The van der Waals surface area contributed by atoms with Gasteiger partial charge in [0, 0.05) is 5.92 Å². The summed E-state index contributed by atoms with van der Waals surface area (Å²) in [6.07, 6.45) is 5.08. The van der Waals surface area contributed by atoms with E-state index in [1.54, 1.807) is 0 Å². The van der Waals surface area contributed by atoms with Gasteiger partial charge in [-0.15, -0.1) is 0 Å². The minimum absolute atomic E-state index is 0.0197. The number of aliphatic hydroxyl groups is 3. The Morgan fingerprint density at radius 3 is 2.56 bits per heavy atom. The third-order valence-corrected chi connectivity index (χ3v) is 5.06. The normalized spacial score (nSPS) is 44.7. The molecule has 0 unspecified atom stereocenters. The lowest BCUT2D eigenvalue weighted by Gasteiger charge is -2.36. The summed E-state index contributed by atoms with van der Waals surface area (Å²) >= 11 is 0. The maximum Gasteiger partial charge on any atom is 0.0915 e. The molecule has 0 aromatic heterocycles. The van der Waals surface area contributed by atoms with Crippen molar-refractivity contribution >= 4 is 0 Å². The molecule has 3 nitrogen and oxygen atoms in total. The van der Waals surface area contributed by atoms with Gasteiger partial charge >= 0.3 is 0 Å². The maximum absolute atomic E-state index is 10.7. The van der Waals surface area contributed by atoms with Gasteiger partial charge in [0.25, 0.3) is 0 Å². The van der Waals surface area contributed by atoms with Crippen LogP contribution < -0.4 is 0 Å². The van der Waals surface area contributed by atoms with E-state index < -0.39 is 11.2 Å². The average molecular weight is 254 g/mol. The van der Waals surface area contributed by atoms with Gasteiger partial charge in [-0.2, -0.15) is 0 Å². The molecule has 0 aliphatic heterocycles. The van der Waals surface area contributed by atoms with Crippen molar-refractivity contribution in [2.45, 2.75) is 57.7 Å². The van der Waals surface area contributed by atoms with Crippen molar-refractivity contribution < 1.29 is 15.3 Å². The zero-order valence-electron chi connectivity index (χ0n) is 11.7. The molecule has 0 bridgehead atoms. The predicted octanol–water partition coefficient (Wildman–Crippen LogP) is 1.86. The number of aliphatic hydroxyl groups excluding tert-OH is 1. The second-order valence-corrected chi connectivity index (χ2v) is 6.69. The van der Waals surface area contributed by atoms with E-state index in [4.69, 9.17) is 0 Å². The highest BCUT2D eigenvalue weighted by molar-refractivity contribution is 5.19. The van der Waals surface area contributed by atoms with E-state index >= 15 is 0 Å². The van der Waals surface area contributed by atoms with Gasteiger partial charge in [-0.3, -0.25) is 0 Å². The van der Waals surface area contributed by atoms with Crippen molar-refractivity contribution in [2.75, 3.05) is 6.61 Å². The number of allylic oxidation sites excluding steroid dienone is 1. The third-order valence-electron chi connectivity index (χ3n) is 5.06. The first-order valence-electron chi connectivity index (χ1n) is 7.06. The third kappa shape index (κ3) is 2.24. The van der Waals surface area contributed by atoms with E-state index in [2.05, 4.69) is 19.9 Å². The van der Waals surface area contributed by atoms with E-state index in [-0.39, 0.29) is 18.4 Å². The Morgan fingerprint density at radius 2 is 2.00 bits per heavy atom. The molecular formula is C15H26O3. The summed E-state index contributed by atoms with van der Waals surface area (Å²) in [7, 11) is 0. The molecule has 18 heavy (non-hydrogen) atoms. The SMILES string of the molecule is CC(C)C1=C[C@H]2[C@@H](CC[C@]2(C)O)[C@](O)(CO)CC1. The van der Waals surface area contributed by atoms with Crippen LogP contribution in [0.2, 0.25) is 0 Å². The number of rotatable bonds is 2. The van der Waals surface area contributed by atoms with Crippen molar-refractivity contribution in [3.8, 4) is 0 Å². The summed E-state index contributed by atoms with van der Waals surface area (Å²) in [5.41, 5.74) is -0.479. The van der Waals surface area contributed by atoms with Gasteiger partial charge in [0.05, 0.1) is 17.8 Å². The molecule has 0 spiro atoms. The van der Waals surface area contributed by atoms with Crippen LogP contribution in [-0.2, 0) is 0 Å². The largest absolute Gasteiger partial charge is 0.393 e. The maximum atomic E-state index is 10.7. The van der Waals surface area contributed by atoms with E-state index in [1.165, 1.54) is 5.57 Å². The summed E-state index contributed by atoms with van der Waals surface area (Å²) in [4.78, 5) is 0. The van der Waals surface area contributed by atoms with Crippen molar-refractivity contribution in [1.82, 2.24) is 0 Å². The minimum Gasteiger partial charge on any atom is -0.393 e. The number of fused-ring (bicyclic) bond motifs is 1. The molecule has 2 rings (SSSR count). The van der Waals surface area contributed by atoms with E-state index in [9.17, 15) is 15.3 Å². The smallest absolute Gasteiger partial charge is 0.0915 e. The van der Waals surface area contributed by atoms with Crippen LogP contribution in [0.25, 0.3) is 0 Å². The Bertz CT molecular complexity index is 346. The van der Waals surface area contributed by atoms with Crippen LogP contribution in [0.1, 0.15) is 46.5 Å². The average Bonchev–Trinajstić information content (AvgIpc) is 2.50. The van der Waals surface area contributed by atoms with Crippen LogP contribution in [0.15, 0.2) is 11.6 Å². The molecule has 0 heterocycles. The molecule has 1 saturated carbocycles. The highest BCUT2D eigenvalue weighted by Gasteiger charge is 2.52. The van der Waals surface area contributed by atoms with Gasteiger partial charge < -0.3 is 15.3 Å². The Kier molecular flexibility index (Phi) is 3.60. The topological polar surface area (TPSA) is 60.7 Å². The lowest BCUT2D eigenvalue weighted by molar-refractivity contribution is -0.0858. The molecule has 2 aliphatic rings. The fourth-order valence-corrected chi connectivity index (χ4v) is 3.66. The van der Waals surface area contributed by atoms with Crippen LogP contribution in [0.4, 0.5) is 0 Å². The first-order valence-corrected chi connectivity index (χ1v) is 7.06. The second-order valence-electron chi connectivity index (χ2n) is 6.69. The first-order chi connectivity index (χ1) is 8.30. The highest BCUT2D eigenvalue weighted by Crippen LogP contribution is 2.50. The van der Waals surface area contributed by atoms with Crippen LogP contribution in [0, 0.1) is 17.8 Å². The summed E-state index contributed by atoms with van der Waals surface area (Å²) < 4.78 is 0. The van der Waals surface area contributed by atoms with Crippen LogP contribution in [-0.4, -0.2) is 33.1 Å². The van der Waals surface area contributed by atoms with Gasteiger partial charge in [0.2, 0.25) is 0 Å². The van der Waals surface area contributed by atoms with Gasteiger partial charge in [-0.1, -0.05) is 25.5 Å². The zero-order chi connectivity index (χ0) is 13.6. The Morgan fingerprint density at radius 1 is 1.33 bits per heavy atom. The first kappa shape index (κ1) is 14.0. The summed E-state index contributed by atoms with van der Waals surface area (Å²) in [5, 5.41) is 30.7. The summed E-state index contributed by atoms with van der Waals surface area (Å²) in [6, 6.07) is 0. The molecule has 0 radical (unpaired) electrons. The summed E-state index contributed by atoms with van der Waals surface area (Å²) in [5.74, 6) is 0.381. The number of hydrogen-bond acceptors (Lipinski definition) is 3.